The minimum Gasteiger partial charge on any atom is -0.351 e. The van der Waals surface area contributed by atoms with E-state index < -0.39 is 6.04 Å². The average molecular weight is 419 g/mol. The van der Waals surface area contributed by atoms with Crippen molar-refractivity contribution in [3.05, 3.63) is 88.1 Å². The summed E-state index contributed by atoms with van der Waals surface area (Å²) in [6.07, 6.45) is 4.26. The molecule has 154 valence electrons. The van der Waals surface area contributed by atoms with Gasteiger partial charge in [-0.15, -0.1) is 11.3 Å². The second-order valence-corrected chi connectivity index (χ2v) is 8.74. The molecule has 0 aliphatic heterocycles. The lowest BCUT2D eigenvalue weighted by atomic mass is 10.0. The van der Waals surface area contributed by atoms with Crippen LogP contribution in [0.15, 0.2) is 72.1 Å². The van der Waals surface area contributed by atoms with Gasteiger partial charge in [0.05, 0.1) is 4.88 Å². The summed E-state index contributed by atoms with van der Waals surface area (Å²) >= 11 is 1.39. The molecule has 1 aliphatic carbocycles. The summed E-state index contributed by atoms with van der Waals surface area (Å²) in [6, 6.07) is 20.5. The van der Waals surface area contributed by atoms with Crippen molar-refractivity contribution in [1.82, 2.24) is 5.32 Å². The first-order valence-electron chi connectivity index (χ1n) is 10.4. The van der Waals surface area contributed by atoms with Gasteiger partial charge >= 0.3 is 0 Å². The average Bonchev–Trinajstić information content (AvgIpc) is 3.46. The number of amides is 2. The van der Waals surface area contributed by atoms with E-state index in [9.17, 15) is 9.59 Å². The predicted molar refractivity (Wildman–Crippen MR) is 122 cm³/mol. The van der Waals surface area contributed by atoms with Crippen LogP contribution in [-0.2, 0) is 4.79 Å². The van der Waals surface area contributed by atoms with Crippen molar-refractivity contribution in [1.29, 1.82) is 0 Å². The van der Waals surface area contributed by atoms with Gasteiger partial charge in [-0.3, -0.25) is 14.5 Å². The van der Waals surface area contributed by atoms with Crippen LogP contribution in [0.25, 0.3) is 0 Å². The second-order valence-electron chi connectivity index (χ2n) is 7.79. The summed E-state index contributed by atoms with van der Waals surface area (Å²) < 4.78 is 0. The third-order valence-electron chi connectivity index (χ3n) is 5.55. The Morgan fingerprint density at radius 1 is 1.00 bits per heavy atom. The van der Waals surface area contributed by atoms with Crippen LogP contribution < -0.4 is 10.2 Å². The summed E-state index contributed by atoms with van der Waals surface area (Å²) in [5.41, 5.74) is 2.57. The number of benzene rings is 2. The maximum atomic E-state index is 13.6. The highest BCUT2D eigenvalue weighted by atomic mass is 32.1. The Bertz CT molecular complexity index is 995. The summed E-state index contributed by atoms with van der Waals surface area (Å²) in [4.78, 5) is 29.5. The molecule has 1 atom stereocenters. The van der Waals surface area contributed by atoms with E-state index in [1.54, 1.807) is 4.90 Å². The van der Waals surface area contributed by atoms with Gasteiger partial charge in [0.15, 0.2) is 0 Å². The smallest absolute Gasteiger partial charge is 0.269 e. The molecule has 0 spiro atoms. The summed E-state index contributed by atoms with van der Waals surface area (Å²) in [5, 5.41) is 5.10. The number of nitrogens with one attached hydrogen (secondary N) is 1. The van der Waals surface area contributed by atoms with Gasteiger partial charge in [-0.2, -0.15) is 0 Å². The number of nitrogens with zero attached hydrogens (tertiary/aromatic N) is 1. The van der Waals surface area contributed by atoms with Crippen LogP contribution in [0, 0.1) is 6.92 Å². The number of carbonyl (C=O) groups is 2. The highest BCUT2D eigenvalue weighted by Gasteiger charge is 2.35. The van der Waals surface area contributed by atoms with Crippen molar-refractivity contribution in [3.8, 4) is 0 Å². The van der Waals surface area contributed by atoms with E-state index in [1.807, 2.05) is 79.0 Å². The van der Waals surface area contributed by atoms with Crippen LogP contribution in [0.3, 0.4) is 0 Å². The lowest BCUT2D eigenvalue weighted by Gasteiger charge is -2.32. The maximum Gasteiger partial charge on any atom is 0.269 e. The highest BCUT2D eigenvalue weighted by molar-refractivity contribution is 7.12. The summed E-state index contributed by atoms with van der Waals surface area (Å²) in [6.45, 7) is 1.99. The fourth-order valence-corrected chi connectivity index (χ4v) is 4.74. The van der Waals surface area contributed by atoms with E-state index in [1.165, 1.54) is 11.3 Å². The van der Waals surface area contributed by atoms with Gasteiger partial charge in [-0.25, -0.2) is 0 Å². The Morgan fingerprint density at radius 2 is 1.77 bits per heavy atom. The molecule has 1 heterocycles. The molecule has 1 aliphatic rings. The number of thiophene rings is 1. The van der Waals surface area contributed by atoms with E-state index in [4.69, 9.17) is 0 Å². The Morgan fingerprint density at radius 3 is 2.43 bits per heavy atom. The highest BCUT2D eigenvalue weighted by Crippen LogP contribution is 2.32. The van der Waals surface area contributed by atoms with Gasteiger partial charge in [0.2, 0.25) is 5.91 Å². The minimum absolute atomic E-state index is 0.125. The lowest BCUT2D eigenvalue weighted by Crippen LogP contribution is -2.46. The zero-order chi connectivity index (χ0) is 20.9. The Labute approximate surface area is 181 Å². The van der Waals surface area contributed by atoms with Gasteiger partial charge in [0.25, 0.3) is 5.91 Å². The molecule has 2 aromatic carbocycles. The number of anilines is 1. The molecule has 0 unspecified atom stereocenters. The molecule has 2 amide bonds. The molecular formula is C25H26N2O2S. The van der Waals surface area contributed by atoms with E-state index in [0.717, 1.165) is 42.5 Å². The minimum atomic E-state index is -0.733. The van der Waals surface area contributed by atoms with E-state index >= 15 is 0 Å². The number of hydrogen-bond acceptors (Lipinski definition) is 3. The van der Waals surface area contributed by atoms with Crippen molar-refractivity contribution in [2.24, 2.45) is 0 Å². The van der Waals surface area contributed by atoms with Crippen molar-refractivity contribution < 1.29 is 9.59 Å². The Balaban J connectivity index is 1.79. The van der Waals surface area contributed by atoms with Crippen LogP contribution in [-0.4, -0.2) is 17.9 Å². The molecular weight excluding hydrogens is 392 g/mol. The molecule has 0 saturated heterocycles. The molecule has 3 aromatic rings. The van der Waals surface area contributed by atoms with Crippen LogP contribution in [0.5, 0.6) is 0 Å². The SMILES string of the molecule is Cc1cccc(N(C(=O)c2cccs2)[C@@H](C(=O)NC2CCCC2)c2ccccc2)c1. The Kier molecular flexibility index (Phi) is 6.29. The van der Waals surface area contributed by atoms with Gasteiger partial charge in [-0.1, -0.05) is 61.4 Å². The molecule has 4 nitrogen and oxygen atoms in total. The Hall–Kier alpha value is -2.92. The number of aryl methyl sites for hydroxylation is 1. The van der Waals surface area contributed by atoms with Crippen molar-refractivity contribution in [2.45, 2.75) is 44.7 Å². The zero-order valence-corrected chi connectivity index (χ0v) is 17.9. The largest absolute Gasteiger partial charge is 0.351 e. The fraction of sp³-hybridized carbons (Fsp3) is 0.280. The van der Waals surface area contributed by atoms with Gasteiger partial charge in [0.1, 0.15) is 6.04 Å². The van der Waals surface area contributed by atoms with Crippen molar-refractivity contribution in [3.63, 3.8) is 0 Å². The second kappa shape index (κ2) is 9.26. The van der Waals surface area contributed by atoms with Gasteiger partial charge in [0, 0.05) is 11.7 Å². The van der Waals surface area contributed by atoms with Crippen LogP contribution >= 0.6 is 11.3 Å². The third-order valence-corrected chi connectivity index (χ3v) is 6.41. The molecule has 1 aromatic heterocycles. The molecule has 1 N–H and O–H groups in total. The molecule has 1 fully saturated rings. The normalized spacial score (nSPS) is 15.0. The first kappa shape index (κ1) is 20.4. The molecule has 4 rings (SSSR count). The molecule has 5 heteroatoms. The van der Waals surface area contributed by atoms with Crippen LogP contribution in [0.1, 0.15) is 52.5 Å². The zero-order valence-electron chi connectivity index (χ0n) is 17.1. The van der Waals surface area contributed by atoms with E-state index in [2.05, 4.69) is 5.32 Å². The predicted octanol–water partition coefficient (Wildman–Crippen LogP) is 5.50. The molecule has 0 radical (unpaired) electrons. The number of hydrogen-bond donors (Lipinski definition) is 1. The summed E-state index contributed by atoms with van der Waals surface area (Å²) in [7, 11) is 0. The van der Waals surface area contributed by atoms with Crippen molar-refractivity contribution in [2.75, 3.05) is 4.90 Å². The number of carbonyl (C=O) groups excluding carboxylic acids is 2. The fourth-order valence-electron chi connectivity index (χ4n) is 4.08. The van der Waals surface area contributed by atoms with Crippen LogP contribution in [0.2, 0.25) is 0 Å². The molecule has 0 bridgehead atoms. The van der Waals surface area contributed by atoms with Crippen LogP contribution in [0.4, 0.5) is 5.69 Å². The standard InChI is InChI=1S/C25H26N2O2S/c1-18-9-7-14-21(17-18)27(25(29)22-15-8-16-30-22)23(19-10-3-2-4-11-19)24(28)26-20-12-5-6-13-20/h2-4,7-11,14-17,20,23H,5-6,12-13H2,1H3,(H,26,28)/t23-/m1/s1. The molecule has 30 heavy (non-hydrogen) atoms. The topological polar surface area (TPSA) is 49.4 Å². The van der Waals surface area contributed by atoms with E-state index in [-0.39, 0.29) is 17.9 Å². The first-order chi connectivity index (χ1) is 14.6. The van der Waals surface area contributed by atoms with Gasteiger partial charge in [-0.05, 0) is 54.5 Å². The summed E-state index contributed by atoms with van der Waals surface area (Å²) in [5.74, 6) is -0.287. The first-order valence-corrected chi connectivity index (χ1v) is 11.3. The van der Waals surface area contributed by atoms with E-state index in [0.29, 0.717) is 4.88 Å². The van der Waals surface area contributed by atoms with Crippen molar-refractivity contribution >= 4 is 28.8 Å². The number of rotatable bonds is 6. The maximum absolute atomic E-state index is 13.6. The third kappa shape index (κ3) is 4.46. The lowest BCUT2D eigenvalue weighted by molar-refractivity contribution is -0.123. The molecule has 1 saturated carbocycles. The van der Waals surface area contributed by atoms with Gasteiger partial charge < -0.3 is 5.32 Å². The quantitative estimate of drug-likeness (QED) is 0.574. The monoisotopic (exact) mass is 418 g/mol.